The average molecular weight is 451 g/mol. The Kier molecular flexibility index (Phi) is 5.72. The summed E-state index contributed by atoms with van der Waals surface area (Å²) in [6.45, 7) is 1.65. The Morgan fingerprint density at radius 1 is 1.06 bits per heavy atom. The molecule has 5 rings (SSSR count). The third-order valence-electron chi connectivity index (χ3n) is 6.34. The number of hydrogen-bond donors (Lipinski definition) is 1. The fourth-order valence-corrected chi connectivity index (χ4v) is 4.30. The maximum Gasteiger partial charge on any atom is 0.309 e. The van der Waals surface area contributed by atoms with E-state index in [2.05, 4.69) is 11.0 Å². The van der Waals surface area contributed by atoms with Crippen LogP contribution < -0.4 is 9.47 Å². The van der Waals surface area contributed by atoms with Gasteiger partial charge in [0.25, 0.3) is 0 Å². The minimum atomic E-state index is -0.888. The highest BCUT2D eigenvalue weighted by Crippen LogP contribution is 2.34. The summed E-state index contributed by atoms with van der Waals surface area (Å²) in [5.74, 6) is -1.36. The molecule has 0 amide bonds. The summed E-state index contributed by atoms with van der Waals surface area (Å²) in [5.41, 5.74) is 3.27. The van der Waals surface area contributed by atoms with Gasteiger partial charge in [0.1, 0.15) is 24.7 Å². The molecule has 1 atom stereocenters. The second-order valence-corrected chi connectivity index (χ2v) is 8.51. The van der Waals surface area contributed by atoms with Crippen LogP contribution in [0.1, 0.15) is 11.1 Å². The number of benzene rings is 3. The van der Waals surface area contributed by atoms with E-state index in [4.69, 9.17) is 14.6 Å². The van der Waals surface area contributed by atoms with Gasteiger partial charge in [-0.2, -0.15) is 0 Å². The minimum Gasteiger partial charge on any atom is -0.492 e. The van der Waals surface area contributed by atoms with Crippen molar-refractivity contribution in [3.63, 3.8) is 0 Å². The number of likely N-dealkylation sites (tertiary alicyclic amines) is 1. The highest BCUT2D eigenvalue weighted by molar-refractivity contribution is 5.71. The third kappa shape index (κ3) is 4.41. The van der Waals surface area contributed by atoms with Crippen LogP contribution in [0.5, 0.6) is 11.5 Å². The van der Waals surface area contributed by atoms with E-state index in [9.17, 15) is 13.6 Å². The topological polar surface area (TPSA) is 59.0 Å². The summed E-state index contributed by atoms with van der Waals surface area (Å²) < 4.78 is 38.7. The van der Waals surface area contributed by atoms with Crippen LogP contribution in [0.4, 0.5) is 8.78 Å². The van der Waals surface area contributed by atoms with Crippen LogP contribution in [0.25, 0.3) is 11.1 Å². The van der Waals surface area contributed by atoms with Gasteiger partial charge in [0, 0.05) is 24.7 Å². The van der Waals surface area contributed by atoms with Crippen molar-refractivity contribution >= 4 is 5.97 Å². The average Bonchev–Trinajstić information content (AvgIpc) is 2.79. The Hall–Kier alpha value is -3.45. The number of carbonyl (C=O) groups is 1. The Labute approximate surface area is 190 Å². The maximum absolute atomic E-state index is 13.8. The second kappa shape index (κ2) is 8.83. The fourth-order valence-electron chi connectivity index (χ4n) is 4.30. The van der Waals surface area contributed by atoms with Crippen molar-refractivity contribution in [3.8, 4) is 22.6 Å². The van der Waals surface area contributed by atoms with Crippen LogP contribution in [-0.4, -0.2) is 41.7 Å². The molecule has 33 heavy (non-hydrogen) atoms. The quantitative estimate of drug-likeness (QED) is 0.597. The molecule has 170 valence electrons. The first-order valence-electron chi connectivity index (χ1n) is 10.9. The number of aliphatic carboxylic acids is 1. The zero-order valence-corrected chi connectivity index (χ0v) is 17.8. The van der Waals surface area contributed by atoms with Crippen LogP contribution in [0, 0.1) is 17.6 Å². The third-order valence-corrected chi connectivity index (χ3v) is 6.34. The minimum absolute atomic E-state index is 0.0545. The molecule has 3 aromatic rings. The largest absolute Gasteiger partial charge is 0.492 e. The summed E-state index contributed by atoms with van der Waals surface area (Å²) in [5, 5.41) is 9.07. The van der Waals surface area contributed by atoms with Crippen molar-refractivity contribution in [2.24, 2.45) is 5.92 Å². The first-order valence-corrected chi connectivity index (χ1v) is 10.9. The molecule has 0 radical (unpaired) electrons. The first-order chi connectivity index (χ1) is 16.0. The molecule has 2 aliphatic heterocycles. The molecule has 0 bridgehead atoms. The molecule has 0 saturated carbocycles. The number of nitrogens with zero attached hydrogens (tertiary/aromatic N) is 1. The van der Waals surface area contributed by atoms with E-state index in [1.54, 1.807) is 12.1 Å². The standard InChI is InChI=1S/C26H23F2NO4/c27-23-3-1-2-19(25(23)28)14-32-22-8-6-16(7-9-22)17-4-5-18-10-21(15-33-24(18)11-17)29-12-20(13-29)26(30)31/h1-9,11,20-21H,10,12-15H2,(H,30,31). The van der Waals surface area contributed by atoms with Gasteiger partial charge in [0.05, 0.1) is 5.92 Å². The summed E-state index contributed by atoms with van der Waals surface area (Å²) >= 11 is 0. The molecule has 2 heterocycles. The highest BCUT2D eigenvalue weighted by Gasteiger charge is 2.38. The predicted octanol–water partition coefficient (Wildman–Crippen LogP) is 4.53. The second-order valence-electron chi connectivity index (χ2n) is 8.51. The van der Waals surface area contributed by atoms with Gasteiger partial charge in [0.15, 0.2) is 11.6 Å². The number of fused-ring (bicyclic) bond motifs is 1. The van der Waals surface area contributed by atoms with E-state index in [1.165, 1.54) is 12.1 Å². The maximum atomic E-state index is 13.8. The van der Waals surface area contributed by atoms with E-state index in [0.29, 0.717) is 25.4 Å². The Morgan fingerprint density at radius 2 is 1.82 bits per heavy atom. The van der Waals surface area contributed by atoms with E-state index >= 15 is 0 Å². The summed E-state index contributed by atoms with van der Waals surface area (Å²) in [7, 11) is 0. The van der Waals surface area contributed by atoms with Crippen LogP contribution in [0.15, 0.2) is 60.7 Å². The van der Waals surface area contributed by atoms with Gasteiger partial charge in [0.2, 0.25) is 0 Å². The molecule has 3 aromatic carbocycles. The van der Waals surface area contributed by atoms with Gasteiger partial charge in [-0.3, -0.25) is 9.69 Å². The number of ether oxygens (including phenoxy) is 2. The number of rotatable bonds is 6. The zero-order valence-electron chi connectivity index (χ0n) is 17.8. The van der Waals surface area contributed by atoms with Crippen molar-refractivity contribution in [2.75, 3.05) is 19.7 Å². The van der Waals surface area contributed by atoms with Gasteiger partial charge in [-0.05, 0) is 47.4 Å². The molecule has 1 unspecified atom stereocenters. The lowest BCUT2D eigenvalue weighted by Crippen LogP contribution is -2.57. The SMILES string of the molecule is O=C(O)C1CN(C2COc3cc(-c4ccc(OCc5cccc(F)c5F)cc4)ccc3C2)C1. The Bertz CT molecular complexity index is 1180. The van der Waals surface area contributed by atoms with Crippen molar-refractivity contribution in [2.45, 2.75) is 19.1 Å². The normalized spacial score (nSPS) is 18.2. The van der Waals surface area contributed by atoms with Gasteiger partial charge < -0.3 is 14.6 Å². The van der Waals surface area contributed by atoms with Crippen molar-refractivity contribution in [1.29, 1.82) is 0 Å². The summed E-state index contributed by atoms with van der Waals surface area (Å²) in [4.78, 5) is 13.2. The van der Waals surface area contributed by atoms with E-state index in [1.807, 2.05) is 24.3 Å². The number of carboxylic acid groups (broad SMARTS) is 1. The van der Waals surface area contributed by atoms with Crippen LogP contribution >= 0.6 is 0 Å². The van der Waals surface area contributed by atoms with Gasteiger partial charge >= 0.3 is 5.97 Å². The van der Waals surface area contributed by atoms with Gasteiger partial charge in [-0.25, -0.2) is 8.78 Å². The predicted molar refractivity (Wildman–Crippen MR) is 118 cm³/mol. The van der Waals surface area contributed by atoms with Crippen LogP contribution in [0.2, 0.25) is 0 Å². The lowest BCUT2D eigenvalue weighted by atomic mass is 9.92. The number of halogens is 2. The number of hydrogen-bond acceptors (Lipinski definition) is 4. The van der Waals surface area contributed by atoms with Crippen molar-refractivity contribution < 1.29 is 28.2 Å². The Morgan fingerprint density at radius 3 is 2.58 bits per heavy atom. The fraction of sp³-hybridized carbons (Fsp3) is 0.269. The lowest BCUT2D eigenvalue weighted by molar-refractivity contribution is -0.149. The summed E-state index contributed by atoms with van der Waals surface area (Å²) in [6, 6.07) is 17.8. The molecule has 5 nitrogen and oxygen atoms in total. The number of carboxylic acids is 1. The van der Waals surface area contributed by atoms with E-state index < -0.39 is 17.6 Å². The lowest BCUT2D eigenvalue weighted by Gasteiger charge is -2.43. The van der Waals surface area contributed by atoms with Crippen molar-refractivity contribution in [1.82, 2.24) is 4.90 Å². The molecule has 7 heteroatoms. The smallest absolute Gasteiger partial charge is 0.309 e. The summed E-state index contributed by atoms with van der Waals surface area (Å²) in [6.07, 6.45) is 0.839. The monoisotopic (exact) mass is 451 g/mol. The molecule has 0 spiro atoms. The molecule has 1 N–H and O–H groups in total. The Balaban J connectivity index is 1.22. The van der Waals surface area contributed by atoms with Crippen LogP contribution in [-0.2, 0) is 17.8 Å². The van der Waals surface area contributed by atoms with Gasteiger partial charge in [-0.15, -0.1) is 0 Å². The zero-order chi connectivity index (χ0) is 22.9. The van der Waals surface area contributed by atoms with E-state index in [-0.39, 0.29) is 24.1 Å². The highest BCUT2D eigenvalue weighted by atomic mass is 19.2. The first kappa shape index (κ1) is 21.4. The molecular formula is C26H23F2NO4. The van der Waals surface area contributed by atoms with Crippen molar-refractivity contribution in [3.05, 3.63) is 83.4 Å². The van der Waals surface area contributed by atoms with E-state index in [0.717, 1.165) is 34.9 Å². The molecule has 1 fully saturated rings. The van der Waals surface area contributed by atoms with Gasteiger partial charge in [-0.1, -0.05) is 36.4 Å². The molecule has 0 aromatic heterocycles. The molecule has 2 aliphatic rings. The van der Waals surface area contributed by atoms with Crippen LogP contribution in [0.3, 0.4) is 0 Å². The molecule has 0 aliphatic carbocycles. The molecular weight excluding hydrogens is 428 g/mol. The molecule has 1 saturated heterocycles.